The second kappa shape index (κ2) is 8.69. The van der Waals surface area contributed by atoms with Crippen LogP contribution in [0.25, 0.3) is 0 Å². The number of benzene rings is 1. The predicted molar refractivity (Wildman–Crippen MR) is 95.4 cm³/mol. The van der Waals surface area contributed by atoms with E-state index in [1.165, 1.54) is 19.4 Å². The van der Waals surface area contributed by atoms with Crippen LogP contribution in [0.2, 0.25) is 10.2 Å². The van der Waals surface area contributed by atoms with Crippen LogP contribution in [0.3, 0.4) is 0 Å². The minimum Gasteiger partial charge on any atom is -0.495 e. The standard InChI is InChI=1S/C17H16Cl2N2O4/c1-3-13(25-17(23)11-5-4-8-20-15(11)19)16(22)21-12-9-10(18)6-7-14(12)24-2/h4-9,13H,3H2,1-2H3,(H,21,22). The van der Waals surface area contributed by atoms with Gasteiger partial charge in [-0.2, -0.15) is 0 Å². The molecule has 1 aromatic carbocycles. The Morgan fingerprint density at radius 1 is 1.28 bits per heavy atom. The van der Waals surface area contributed by atoms with Gasteiger partial charge >= 0.3 is 5.97 Å². The maximum atomic E-state index is 12.4. The van der Waals surface area contributed by atoms with Gasteiger partial charge in [-0.15, -0.1) is 0 Å². The van der Waals surface area contributed by atoms with Gasteiger partial charge in [0.2, 0.25) is 0 Å². The van der Waals surface area contributed by atoms with Crippen molar-refractivity contribution in [2.24, 2.45) is 0 Å². The maximum Gasteiger partial charge on any atom is 0.342 e. The van der Waals surface area contributed by atoms with Gasteiger partial charge in [-0.1, -0.05) is 30.1 Å². The lowest BCUT2D eigenvalue weighted by Crippen LogP contribution is -2.32. The lowest BCUT2D eigenvalue weighted by atomic mass is 10.2. The zero-order chi connectivity index (χ0) is 18.4. The molecule has 0 spiro atoms. The van der Waals surface area contributed by atoms with E-state index in [0.717, 1.165) is 0 Å². The molecule has 0 aliphatic carbocycles. The summed E-state index contributed by atoms with van der Waals surface area (Å²) < 4.78 is 10.4. The first-order chi connectivity index (χ1) is 12.0. The Bertz CT molecular complexity index is 783. The summed E-state index contributed by atoms with van der Waals surface area (Å²) >= 11 is 11.8. The summed E-state index contributed by atoms with van der Waals surface area (Å²) in [7, 11) is 1.47. The summed E-state index contributed by atoms with van der Waals surface area (Å²) in [5.41, 5.74) is 0.477. The Balaban J connectivity index is 2.13. The number of hydrogen-bond acceptors (Lipinski definition) is 5. The molecule has 1 amide bonds. The molecule has 6 nitrogen and oxygen atoms in total. The molecule has 0 aliphatic heterocycles. The number of aromatic nitrogens is 1. The van der Waals surface area contributed by atoms with Gasteiger partial charge in [0.1, 0.15) is 10.9 Å². The normalized spacial score (nSPS) is 11.5. The molecule has 2 rings (SSSR count). The fourth-order valence-electron chi connectivity index (χ4n) is 2.04. The summed E-state index contributed by atoms with van der Waals surface area (Å²) in [6, 6.07) is 7.84. The zero-order valence-corrected chi connectivity index (χ0v) is 15.1. The SMILES string of the molecule is CCC(OC(=O)c1cccnc1Cl)C(=O)Nc1cc(Cl)ccc1OC. The number of halogens is 2. The van der Waals surface area contributed by atoms with E-state index in [0.29, 0.717) is 16.5 Å². The molecule has 0 radical (unpaired) electrons. The Kier molecular flexibility index (Phi) is 6.61. The van der Waals surface area contributed by atoms with Crippen LogP contribution in [-0.2, 0) is 9.53 Å². The van der Waals surface area contributed by atoms with Crippen LogP contribution >= 0.6 is 23.2 Å². The molecule has 8 heteroatoms. The van der Waals surface area contributed by atoms with E-state index in [2.05, 4.69) is 10.3 Å². The third-order valence-corrected chi connectivity index (χ3v) is 3.85. The molecule has 0 aliphatic rings. The molecule has 1 atom stereocenters. The molecule has 0 fully saturated rings. The van der Waals surface area contributed by atoms with Crippen molar-refractivity contribution in [1.82, 2.24) is 4.98 Å². The quantitative estimate of drug-likeness (QED) is 0.603. The number of nitrogens with zero attached hydrogens (tertiary/aromatic N) is 1. The summed E-state index contributed by atoms with van der Waals surface area (Å²) in [6.07, 6.45) is 0.722. The highest BCUT2D eigenvalue weighted by molar-refractivity contribution is 6.32. The van der Waals surface area contributed by atoms with Crippen molar-refractivity contribution in [3.63, 3.8) is 0 Å². The largest absolute Gasteiger partial charge is 0.495 e. The summed E-state index contributed by atoms with van der Waals surface area (Å²) in [4.78, 5) is 28.4. The predicted octanol–water partition coefficient (Wildman–Crippen LogP) is 3.97. The van der Waals surface area contributed by atoms with E-state index >= 15 is 0 Å². The molecule has 25 heavy (non-hydrogen) atoms. The summed E-state index contributed by atoms with van der Waals surface area (Å²) in [5.74, 6) is -0.788. The molecule has 1 unspecified atom stereocenters. The second-order valence-corrected chi connectivity index (χ2v) is 5.77. The molecule has 2 aromatic rings. The van der Waals surface area contributed by atoms with E-state index in [4.69, 9.17) is 32.7 Å². The first kappa shape index (κ1) is 19.0. The average molecular weight is 383 g/mol. The van der Waals surface area contributed by atoms with Gasteiger partial charge < -0.3 is 14.8 Å². The highest BCUT2D eigenvalue weighted by Gasteiger charge is 2.24. The summed E-state index contributed by atoms with van der Waals surface area (Å²) in [5, 5.41) is 3.10. The Morgan fingerprint density at radius 3 is 2.68 bits per heavy atom. The first-order valence-electron chi connectivity index (χ1n) is 7.42. The van der Waals surface area contributed by atoms with Gasteiger partial charge in [0, 0.05) is 11.2 Å². The molecule has 1 heterocycles. The van der Waals surface area contributed by atoms with E-state index in [-0.39, 0.29) is 17.1 Å². The number of rotatable bonds is 6. The smallest absolute Gasteiger partial charge is 0.342 e. The molecule has 0 saturated carbocycles. The number of hydrogen-bond donors (Lipinski definition) is 1. The van der Waals surface area contributed by atoms with E-state index in [1.54, 1.807) is 31.2 Å². The van der Waals surface area contributed by atoms with Crippen LogP contribution in [0, 0.1) is 0 Å². The molecule has 1 aromatic heterocycles. The fourth-order valence-corrected chi connectivity index (χ4v) is 2.41. The van der Waals surface area contributed by atoms with E-state index < -0.39 is 18.0 Å². The van der Waals surface area contributed by atoms with E-state index in [9.17, 15) is 9.59 Å². The molecule has 132 valence electrons. The maximum absolute atomic E-state index is 12.4. The highest BCUT2D eigenvalue weighted by atomic mass is 35.5. The second-order valence-electron chi connectivity index (χ2n) is 4.98. The molecule has 1 N–H and O–H groups in total. The molecule has 0 bridgehead atoms. The number of pyridine rings is 1. The monoisotopic (exact) mass is 382 g/mol. The van der Waals surface area contributed by atoms with Gasteiger partial charge in [-0.25, -0.2) is 9.78 Å². The first-order valence-corrected chi connectivity index (χ1v) is 8.17. The molecule has 0 saturated heterocycles. The number of nitrogens with one attached hydrogen (secondary N) is 1. The van der Waals surface area contributed by atoms with Crippen molar-refractivity contribution in [3.8, 4) is 5.75 Å². The fraction of sp³-hybridized carbons (Fsp3) is 0.235. The van der Waals surface area contributed by atoms with Crippen molar-refractivity contribution in [1.29, 1.82) is 0 Å². The van der Waals surface area contributed by atoms with Crippen LogP contribution in [0.4, 0.5) is 5.69 Å². The van der Waals surface area contributed by atoms with Crippen molar-refractivity contribution in [2.45, 2.75) is 19.4 Å². The van der Waals surface area contributed by atoms with Crippen molar-refractivity contribution >= 4 is 40.8 Å². The number of methoxy groups -OCH3 is 1. The van der Waals surface area contributed by atoms with Gasteiger partial charge in [0.05, 0.1) is 18.4 Å². The minimum atomic E-state index is -1.01. The Hall–Kier alpha value is -2.31. The Labute approximate surface area is 155 Å². The third kappa shape index (κ3) is 4.84. The van der Waals surface area contributed by atoms with Crippen LogP contribution in [0.15, 0.2) is 36.5 Å². The zero-order valence-electron chi connectivity index (χ0n) is 13.6. The van der Waals surface area contributed by atoms with Crippen molar-refractivity contribution < 1.29 is 19.1 Å². The highest BCUT2D eigenvalue weighted by Crippen LogP contribution is 2.28. The lowest BCUT2D eigenvalue weighted by Gasteiger charge is -2.17. The minimum absolute atomic E-state index is 0.0132. The number of anilines is 1. The van der Waals surface area contributed by atoms with Gasteiger partial charge in [0.15, 0.2) is 6.10 Å². The lowest BCUT2D eigenvalue weighted by molar-refractivity contribution is -0.124. The topological polar surface area (TPSA) is 77.5 Å². The van der Waals surface area contributed by atoms with E-state index in [1.807, 2.05) is 0 Å². The Morgan fingerprint density at radius 2 is 2.04 bits per heavy atom. The summed E-state index contributed by atoms with van der Waals surface area (Å²) in [6.45, 7) is 1.72. The number of carbonyl (C=O) groups excluding carboxylic acids is 2. The van der Waals surface area contributed by atoms with Crippen LogP contribution in [0.5, 0.6) is 5.75 Å². The van der Waals surface area contributed by atoms with Gasteiger partial charge in [0.25, 0.3) is 5.91 Å². The van der Waals surface area contributed by atoms with Crippen LogP contribution in [0.1, 0.15) is 23.7 Å². The number of carbonyl (C=O) groups is 2. The van der Waals surface area contributed by atoms with Gasteiger partial charge in [-0.3, -0.25) is 4.79 Å². The number of amides is 1. The van der Waals surface area contributed by atoms with Crippen molar-refractivity contribution in [2.75, 3.05) is 12.4 Å². The van der Waals surface area contributed by atoms with Crippen LogP contribution < -0.4 is 10.1 Å². The average Bonchev–Trinajstić information content (AvgIpc) is 2.60. The van der Waals surface area contributed by atoms with Crippen LogP contribution in [-0.4, -0.2) is 30.1 Å². The molecular formula is C17H16Cl2N2O4. The number of ether oxygens (including phenoxy) is 2. The van der Waals surface area contributed by atoms with Gasteiger partial charge in [-0.05, 0) is 36.8 Å². The van der Waals surface area contributed by atoms with Crippen molar-refractivity contribution in [3.05, 3.63) is 52.3 Å². The third-order valence-electron chi connectivity index (χ3n) is 3.31. The molecular weight excluding hydrogens is 367 g/mol. The number of esters is 1.